The van der Waals surface area contributed by atoms with Gasteiger partial charge in [0.1, 0.15) is 5.75 Å². The number of nitrogens with one attached hydrogen (secondary N) is 3. The fraction of sp³-hybridized carbons (Fsp3) is 0.450. The maximum atomic E-state index is 10.5. The Labute approximate surface area is 164 Å². The molecule has 0 bridgehead atoms. The van der Waals surface area contributed by atoms with Crippen molar-refractivity contribution in [2.24, 2.45) is 10.4 Å². The van der Waals surface area contributed by atoms with Crippen LogP contribution in [0.5, 0.6) is 5.75 Å². The highest BCUT2D eigenvalue weighted by molar-refractivity contribution is 6.09. The third kappa shape index (κ3) is 3.47. The van der Waals surface area contributed by atoms with E-state index in [9.17, 15) is 5.11 Å². The van der Waals surface area contributed by atoms with Gasteiger partial charge in [0.15, 0.2) is 5.82 Å². The van der Waals surface area contributed by atoms with E-state index in [2.05, 4.69) is 35.7 Å². The van der Waals surface area contributed by atoms with Crippen LogP contribution in [0.3, 0.4) is 0 Å². The molecule has 0 saturated carbocycles. The van der Waals surface area contributed by atoms with Crippen molar-refractivity contribution in [3.63, 3.8) is 0 Å². The van der Waals surface area contributed by atoms with Gasteiger partial charge in [-0.1, -0.05) is 6.07 Å². The zero-order chi connectivity index (χ0) is 19.6. The number of allylic oxidation sites excluding steroid dienone is 1. The first-order valence-electron chi connectivity index (χ1n) is 9.65. The molecule has 148 valence electrons. The van der Waals surface area contributed by atoms with E-state index in [-0.39, 0.29) is 5.75 Å². The standard InChI is InChI=1S/C20H27N7O/c1-21-10-15(11-22-2)14-3-4-16(17(28)9-14)18-24-19(26-25-18)27-12-20(13-27)5-7-23-8-6-20/h3-4,9-11,21,23,28H,5-8,12-13H2,1-2H3,(H,24,25,26)/b15-10+,22-11?. The zero-order valence-corrected chi connectivity index (χ0v) is 16.4. The summed E-state index contributed by atoms with van der Waals surface area (Å²) in [6.45, 7) is 4.21. The highest BCUT2D eigenvalue weighted by atomic mass is 16.3. The minimum absolute atomic E-state index is 0.158. The highest BCUT2D eigenvalue weighted by Gasteiger charge is 2.44. The van der Waals surface area contributed by atoms with E-state index < -0.39 is 0 Å². The van der Waals surface area contributed by atoms with Crippen molar-refractivity contribution in [1.82, 2.24) is 25.8 Å². The molecule has 28 heavy (non-hydrogen) atoms. The predicted octanol–water partition coefficient (Wildman–Crippen LogP) is 1.63. The molecule has 4 rings (SSSR count). The van der Waals surface area contributed by atoms with Crippen molar-refractivity contribution in [3.8, 4) is 17.1 Å². The van der Waals surface area contributed by atoms with E-state index in [4.69, 9.17) is 0 Å². The number of anilines is 1. The van der Waals surface area contributed by atoms with Gasteiger partial charge in [-0.05, 0) is 43.6 Å². The average molecular weight is 381 g/mol. The van der Waals surface area contributed by atoms with Crippen LogP contribution in [0.1, 0.15) is 18.4 Å². The van der Waals surface area contributed by atoms with Gasteiger partial charge in [0.2, 0.25) is 5.95 Å². The maximum Gasteiger partial charge on any atom is 0.245 e. The van der Waals surface area contributed by atoms with Crippen LogP contribution in [0.2, 0.25) is 0 Å². The third-order valence-electron chi connectivity index (χ3n) is 5.63. The number of hydrogen-bond donors (Lipinski definition) is 4. The number of phenolic OH excluding ortho intramolecular Hbond substituents is 1. The fourth-order valence-corrected chi connectivity index (χ4v) is 4.09. The Balaban J connectivity index is 1.50. The van der Waals surface area contributed by atoms with E-state index in [0.717, 1.165) is 37.3 Å². The lowest BCUT2D eigenvalue weighted by atomic mass is 9.72. The maximum absolute atomic E-state index is 10.5. The Morgan fingerprint density at radius 2 is 2.11 bits per heavy atom. The number of aromatic nitrogens is 3. The SMILES string of the molecule is CN=C/C(=C\NC)c1ccc(-c2nc(N3CC4(CCNCC4)C3)n[nH]2)c(O)c1. The number of rotatable bonds is 5. The Morgan fingerprint density at radius 3 is 2.79 bits per heavy atom. The van der Waals surface area contributed by atoms with E-state index in [0.29, 0.717) is 22.8 Å². The molecule has 3 heterocycles. The summed E-state index contributed by atoms with van der Waals surface area (Å²) in [5.41, 5.74) is 2.82. The minimum Gasteiger partial charge on any atom is -0.507 e. The first-order chi connectivity index (χ1) is 13.6. The van der Waals surface area contributed by atoms with E-state index in [1.807, 2.05) is 25.4 Å². The molecule has 4 N–H and O–H groups in total. The lowest BCUT2D eigenvalue weighted by Gasteiger charge is -2.52. The summed E-state index contributed by atoms with van der Waals surface area (Å²) in [6.07, 6.45) is 6.02. The van der Waals surface area contributed by atoms with Gasteiger partial charge in [-0.15, -0.1) is 5.10 Å². The largest absolute Gasteiger partial charge is 0.507 e. The molecule has 8 heteroatoms. The molecule has 2 aliphatic rings. The second-order valence-corrected chi connectivity index (χ2v) is 7.60. The smallest absolute Gasteiger partial charge is 0.245 e. The molecule has 2 aliphatic heterocycles. The van der Waals surface area contributed by atoms with Crippen molar-refractivity contribution in [3.05, 3.63) is 30.0 Å². The molecule has 1 aromatic carbocycles. The molecule has 0 atom stereocenters. The van der Waals surface area contributed by atoms with Gasteiger partial charge >= 0.3 is 0 Å². The van der Waals surface area contributed by atoms with Crippen LogP contribution < -0.4 is 15.5 Å². The van der Waals surface area contributed by atoms with Crippen LogP contribution in [0, 0.1) is 5.41 Å². The zero-order valence-electron chi connectivity index (χ0n) is 16.4. The van der Waals surface area contributed by atoms with Gasteiger partial charge in [0, 0.05) is 50.6 Å². The number of aromatic hydroxyl groups is 1. The molecule has 2 aromatic rings. The second-order valence-electron chi connectivity index (χ2n) is 7.60. The summed E-state index contributed by atoms with van der Waals surface area (Å²) in [7, 11) is 3.55. The molecule has 0 aliphatic carbocycles. The molecule has 1 aromatic heterocycles. The minimum atomic E-state index is 0.158. The van der Waals surface area contributed by atoms with Crippen molar-refractivity contribution < 1.29 is 5.11 Å². The average Bonchev–Trinajstić information content (AvgIpc) is 3.16. The molecule has 2 saturated heterocycles. The predicted molar refractivity (Wildman–Crippen MR) is 112 cm³/mol. The summed E-state index contributed by atoms with van der Waals surface area (Å²) in [6, 6.07) is 5.51. The summed E-state index contributed by atoms with van der Waals surface area (Å²) in [4.78, 5) is 10.9. The summed E-state index contributed by atoms with van der Waals surface area (Å²) < 4.78 is 0. The lowest BCUT2D eigenvalue weighted by molar-refractivity contribution is 0.148. The quantitative estimate of drug-likeness (QED) is 0.587. The first-order valence-corrected chi connectivity index (χ1v) is 9.65. The fourth-order valence-electron chi connectivity index (χ4n) is 4.09. The Morgan fingerprint density at radius 1 is 1.32 bits per heavy atom. The summed E-state index contributed by atoms with van der Waals surface area (Å²) in [5, 5.41) is 24.3. The van der Waals surface area contributed by atoms with Crippen LogP contribution in [-0.2, 0) is 0 Å². The van der Waals surface area contributed by atoms with E-state index in [1.54, 1.807) is 19.3 Å². The molecular weight excluding hydrogens is 354 g/mol. The Hall–Kier alpha value is -2.87. The molecular formula is C20H27N7O. The first kappa shape index (κ1) is 18.5. The van der Waals surface area contributed by atoms with Crippen LogP contribution in [0.25, 0.3) is 17.0 Å². The topological polar surface area (TPSA) is 101 Å². The summed E-state index contributed by atoms with van der Waals surface area (Å²) in [5.74, 6) is 1.44. The number of hydrogen-bond acceptors (Lipinski definition) is 7. The molecule has 2 fully saturated rings. The van der Waals surface area contributed by atoms with Gasteiger partial charge in [0.05, 0.1) is 5.56 Å². The molecule has 8 nitrogen and oxygen atoms in total. The summed E-state index contributed by atoms with van der Waals surface area (Å²) >= 11 is 0. The molecule has 1 spiro atoms. The van der Waals surface area contributed by atoms with Crippen LogP contribution in [0.15, 0.2) is 29.4 Å². The van der Waals surface area contributed by atoms with Crippen LogP contribution in [0.4, 0.5) is 5.95 Å². The van der Waals surface area contributed by atoms with E-state index in [1.165, 1.54) is 12.8 Å². The Kier molecular flexibility index (Phi) is 5.04. The highest BCUT2D eigenvalue weighted by Crippen LogP contribution is 2.40. The van der Waals surface area contributed by atoms with E-state index >= 15 is 0 Å². The third-order valence-corrected chi connectivity index (χ3v) is 5.63. The van der Waals surface area contributed by atoms with Crippen molar-refractivity contribution in [2.45, 2.75) is 12.8 Å². The molecule has 0 radical (unpaired) electrons. The number of phenols is 1. The van der Waals surface area contributed by atoms with Crippen LogP contribution in [-0.4, -0.2) is 66.8 Å². The Bertz CT molecular complexity index is 888. The van der Waals surface area contributed by atoms with Gasteiger partial charge in [-0.3, -0.25) is 10.1 Å². The monoisotopic (exact) mass is 381 g/mol. The normalized spacial score (nSPS) is 19.2. The number of nitrogens with zero attached hydrogens (tertiary/aromatic N) is 4. The van der Waals surface area contributed by atoms with Crippen LogP contribution >= 0.6 is 0 Å². The van der Waals surface area contributed by atoms with Gasteiger partial charge < -0.3 is 20.6 Å². The van der Waals surface area contributed by atoms with Crippen molar-refractivity contribution in [2.75, 3.05) is 45.2 Å². The lowest BCUT2D eigenvalue weighted by Crippen LogP contribution is -2.60. The van der Waals surface area contributed by atoms with Crippen molar-refractivity contribution in [1.29, 1.82) is 0 Å². The van der Waals surface area contributed by atoms with Gasteiger partial charge in [-0.2, -0.15) is 4.98 Å². The molecule has 0 unspecified atom stereocenters. The van der Waals surface area contributed by atoms with Gasteiger partial charge in [0.25, 0.3) is 0 Å². The number of aliphatic imine (C=N–C) groups is 1. The number of benzene rings is 1. The number of aromatic amines is 1. The van der Waals surface area contributed by atoms with Gasteiger partial charge in [-0.25, -0.2) is 0 Å². The van der Waals surface area contributed by atoms with Crippen molar-refractivity contribution >= 4 is 17.7 Å². The molecule has 0 amide bonds. The number of piperidine rings is 1. The number of H-pyrrole nitrogens is 1. The second kappa shape index (κ2) is 7.63.